The van der Waals surface area contributed by atoms with Crippen molar-refractivity contribution in [3.8, 4) is 0 Å². The van der Waals surface area contributed by atoms with Crippen LogP contribution in [0.25, 0.3) is 0 Å². The molecule has 1 aliphatic carbocycles. The van der Waals surface area contributed by atoms with E-state index in [4.69, 9.17) is 0 Å². The zero-order chi connectivity index (χ0) is 13.2. The Kier molecular flexibility index (Phi) is 3.79. The molecule has 0 radical (unpaired) electrons. The third-order valence-corrected chi connectivity index (χ3v) is 4.89. The molecular formula is C13H20N4OS. The second kappa shape index (κ2) is 5.54. The van der Waals surface area contributed by atoms with E-state index in [1.807, 2.05) is 23.5 Å². The van der Waals surface area contributed by atoms with E-state index >= 15 is 0 Å². The number of hydrogen-bond acceptors (Lipinski definition) is 4. The zero-order valence-corrected chi connectivity index (χ0v) is 12.1. The Hall–Kier alpha value is -1.01. The number of hydrogen-bond donors (Lipinski definition) is 2. The molecule has 1 fully saturated rings. The molecule has 1 aromatic heterocycles. The van der Waals surface area contributed by atoms with Crippen molar-refractivity contribution >= 4 is 23.5 Å². The first-order chi connectivity index (χ1) is 9.24. The van der Waals surface area contributed by atoms with Crippen LogP contribution >= 0.6 is 11.8 Å². The average Bonchev–Trinajstić information content (AvgIpc) is 2.94. The van der Waals surface area contributed by atoms with E-state index in [0.29, 0.717) is 12.5 Å². The molecule has 104 valence electrons. The van der Waals surface area contributed by atoms with Gasteiger partial charge in [0.25, 0.3) is 0 Å². The first kappa shape index (κ1) is 13.0. The molecule has 1 aliphatic heterocycles. The third-order valence-electron chi connectivity index (χ3n) is 3.76. The fraction of sp³-hybridized carbons (Fsp3) is 0.692. The molecular weight excluding hydrogens is 260 g/mol. The monoisotopic (exact) mass is 280 g/mol. The maximum absolute atomic E-state index is 12.1. The number of amides is 1. The van der Waals surface area contributed by atoms with Crippen molar-refractivity contribution in [1.29, 1.82) is 0 Å². The standard InChI is InChI=1S/C13H20N4OS/c1-17-13(10-3-2-4-11(10)16-17)15-12(18)7-9-8-19-6-5-14-9/h9,14H,2-8H2,1H3,(H,15,18). The van der Waals surface area contributed by atoms with Crippen LogP contribution in [0, 0.1) is 0 Å². The molecule has 1 amide bonds. The minimum atomic E-state index is 0.0951. The molecule has 1 atom stereocenters. The summed E-state index contributed by atoms with van der Waals surface area (Å²) in [6.07, 6.45) is 3.78. The van der Waals surface area contributed by atoms with E-state index in [0.717, 1.165) is 48.8 Å². The SMILES string of the molecule is Cn1nc2c(c1NC(=O)CC1CSCCN1)CCC2. The molecule has 5 nitrogen and oxygen atoms in total. The van der Waals surface area contributed by atoms with Gasteiger partial charge in [0.2, 0.25) is 5.91 Å². The van der Waals surface area contributed by atoms with Crippen molar-refractivity contribution in [2.24, 2.45) is 7.05 Å². The smallest absolute Gasteiger partial charge is 0.227 e. The van der Waals surface area contributed by atoms with Gasteiger partial charge in [0.05, 0.1) is 5.69 Å². The summed E-state index contributed by atoms with van der Waals surface area (Å²) in [5.41, 5.74) is 2.39. The molecule has 19 heavy (non-hydrogen) atoms. The number of nitrogens with one attached hydrogen (secondary N) is 2. The fourth-order valence-electron chi connectivity index (χ4n) is 2.83. The summed E-state index contributed by atoms with van der Waals surface area (Å²) in [6.45, 7) is 1.00. The number of rotatable bonds is 3. The summed E-state index contributed by atoms with van der Waals surface area (Å²) in [6, 6.07) is 0.306. The molecule has 2 N–H and O–H groups in total. The Balaban J connectivity index is 1.63. The van der Waals surface area contributed by atoms with Gasteiger partial charge in [0.15, 0.2) is 0 Å². The average molecular weight is 280 g/mol. The molecule has 0 saturated carbocycles. The first-order valence-electron chi connectivity index (χ1n) is 6.90. The Labute approximate surface area is 117 Å². The van der Waals surface area contributed by atoms with Gasteiger partial charge in [0.1, 0.15) is 5.82 Å². The van der Waals surface area contributed by atoms with Crippen molar-refractivity contribution in [3.05, 3.63) is 11.3 Å². The van der Waals surface area contributed by atoms with E-state index < -0.39 is 0 Å². The lowest BCUT2D eigenvalue weighted by atomic mass is 10.2. The number of nitrogens with zero attached hydrogens (tertiary/aromatic N) is 2. The fourth-order valence-corrected chi connectivity index (χ4v) is 3.78. The van der Waals surface area contributed by atoms with Gasteiger partial charge in [-0.1, -0.05) is 0 Å². The lowest BCUT2D eigenvalue weighted by molar-refractivity contribution is -0.116. The molecule has 2 heterocycles. The Morgan fingerprint density at radius 1 is 1.58 bits per heavy atom. The number of aromatic nitrogens is 2. The maximum atomic E-state index is 12.1. The highest BCUT2D eigenvalue weighted by molar-refractivity contribution is 7.99. The van der Waals surface area contributed by atoms with Crippen LogP contribution in [0.2, 0.25) is 0 Å². The van der Waals surface area contributed by atoms with Crippen molar-refractivity contribution in [2.75, 3.05) is 23.4 Å². The van der Waals surface area contributed by atoms with E-state index in [2.05, 4.69) is 15.7 Å². The number of fused-ring (bicyclic) bond motifs is 1. The molecule has 2 aliphatic rings. The highest BCUT2D eigenvalue weighted by Gasteiger charge is 2.23. The highest BCUT2D eigenvalue weighted by Crippen LogP contribution is 2.28. The highest BCUT2D eigenvalue weighted by atomic mass is 32.2. The zero-order valence-electron chi connectivity index (χ0n) is 11.2. The summed E-state index contributed by atoms with van der Waals surface area (Å²) in [7, 11) is 1.91. The van der Waals surface area contributed by atoms with Gasteiger partial charge in [-0.25, -0.2) is 0 Å². The lowest BCUT2D eigenvalue weighted by Gasteiger charge is -2.22. The van der Waals surface area contributed by atoms with Crippen LogP contribution < -0.4 is 10.6 Å². The molecule has 1 unspecified atom stereocenters. The summed E-state index contributed by atoms with van der Waals surface area (Å²) >= 11 is 1.92. The Morgan fingerprint density at radius 3 is 3.26 bits per heavy atom. The molecule has 1 aromatic rings. The van der Waals surface area contributed by atoms with Gasteiger partial charge in [-0.15, -0.1) is 0 Å². The number of thioether (sulfide) groups is 1. The molecule has 1 saturated heterocycles. The second-order valence-corrected chi connectivity index (χ2v) is 6.38. The Bertz CT molecular complexity index is 479. The van der Waals surface area contributed by atoms with E-state index in [1.165, 1.54) is 5.56 Å². The van der Waals surface area contributed by atoms with Crippen molar-refractivity contribution in [1.82, 2.24) is 15.1 Å². The lowest BCUT2D eigenvalue weighted by Crippen LogP contribution is -2.40. The van der Waals surface area contributed by atoms with Crippen LogP contribution in [-0.4, -0.2) is 39.8 Å². The van der Waals surface area contributed by atoms with Gasteiger partial charge in [0, 0.05) is 43.1 Å². The molecule has 3 rings (SSSR count). The summed E-state index contributed by atoms with van der Waals surface area (Å²) < 4.78 is 1.81. The predicted molar refractivity (Wildman–Crippen MR) is 77.6 cm³/mol. The third kappa shape index (κ3) is 2.79. The van der Waals surface area contributed by atoms with Crippen LogP contribution in [-0.2, 0) is 24.7 Å². The van der Waals surface area contributed by atoms with Crippen molar-refractivity contribution in [3.63, 3.8) is 0 Å². The topological polar surface area (TPSA) is 59.0 Å². The van der Waals surface area contributed by atoms with Crippen molar-refractivity contribution < 1.29 is 4.79 Å². The van der Waals surface area contributed by atoms with Crippen LogP contribution in [0.15, 0.2) is 0 Å². The number of aryl methyl sites for hydroxylation is 2. The quantitative estimate of drug-likeness (QED) is 0.865. The molecule has 0 aromatic carbocycles. The van der Waals surface area contributed by atoms with Crippen LogP contribution in [0.1, 0.15) is 24.1 Å². The van der Waals surface area contributed by atoms with Crippen molar-refractivity contribution in [2.45, 2.75) is 31.7 Å². The van der Waals surface area contributed by atoms with Gasteiger partial charge < -0.3 is 10.6 Å². The number of carbonyl (C=O) groups excluding carboxylic acids is 1. The summed E-state index contributed by atoms with van der Waals surface area (Å²) in [5.74, 6) is 3.17. The maximum Gasteiger partial charge on any atom is 0.227 e. The van der Waals surface area contributed by atoms with Gasteiger partial charge in [-0.3, -0.25) is 9.48 Å². The molecule has 0 bridgehead atoms. The normalized spacial score (nSPS) is 22.3. The van der Waals surface area contributed by atoms with Gasteiger partial charge in [-0.2, -0.15) is 16.9 Å². The van der Waals surface area contributed by atoms with Gasteiger partial charge >= 0.3 is 0 Å². The number of carbonyl (C=O) groups is 1. The van der Waals surface area contributed by atoms with Crippen LogP contribution in [0.3, 0.4) is 0 Å². The van der Waals surface area contributed by atoms with Gasteiger partial charge in [-0.05, 0) is 19.3 Å². The summed E-state index contributed by atoms with van der Waals surface area (Å²) in [4.78, 5) is 12.1. The Morgan fingerprint density at radius 2 is 2.47 bits per heavy atom. The van der Waals surface area contributed by atoms with E-state index in [1.54, 1.807) is 0 Å². The van der Waals surface area contributed by atoms with E-state index in [-0.39, 0.29) is 5.91 Å². The first-order valence-corrected chi connectivity index (χ1v) is 8.05. The second-order valence-electron chi connectivity index (χ2n) is 5.23. The van der Waals surface area contributed by atoms with Crippen LogP contribution in [0.5, 0.6) is 0 Å². The predicted octanol–water partition coefficient (Wildman–Crippen LogP) is 0.942. The summed E-state index contributed by atoms with van der Waals surface area (Å²) in [5, 5.41) is 10.9. The van der Waals surface area contributed by atoms with E-state index in [9.17, 15) is 4.79 Å². The number of anilines is 1. The largest absolute Gasteiger partial charge is 0.312 e. The minimum Gasteiger partial charge on any atom is -0.312 e. The van der Waals surface area contributed by atoms with Crippen LogP contribution in [0.4, 0.5) is 5.82 Å². The minimum absolute atomic E-state index is 0.0951. The molecule has 0 spiro atoms. The molecule has 6 heteroatoms.